The van der Waals surface area contributed by atoms with Gasteiger partial charge in [0.05, 0.1) is 25.2 Å². The molecule has 0 aliphatic heterocycles. The molecule has 1 amide bonds. The van der Waals surface area contributed by atoms with Crippen molar-refractivity contribution in [1.29, 1.82) is 0 Å². The quantitative estimate of drug-likeness (QED) is 0.665. The molecule has 0 fully saturated rings. The molecule has 0 atom stereocenters. The second kappa shape index (κ2) is 8.05. The summed E-state index contributed by atoms with van der Waals surface area (Å²) >= 11 is 6.09. The predicted octanol–water partition coefficient (Wildman–Crippen LogP) is 4.75. The van der Waals surface area contributed by atoms with Crippen LogP contribution in [-0.4, -0.2) is 23.0 Å². The van der Waals surface area contributed by atoms with E-state index in [0.29, 0.717) is 22.3 Å². The van der Waals surface area contributed by atoms with E-state index in [1.54, 1.807) is 12.1 Å². The molecule has 0 bridgehead atoms. The van der Waals surface area contributed by atoms with Crippen molar-refractivity contribution in [3.63, 3.8) is 0 Å². The summed E-state index contributed by atoms with van der Waals surface area (Å²) in [6.07, 6.45) is 2.94. The standard InChI is InChI=1S/C20H19ClN4O2/c1-12-6-4-5-7-15(12)24-19-11-22-17(10-23-19)20(26)25-16-8-13(2)14(21)9-18(16)27-3/h4-11H,1-3H3,(H,23,24)(H,25,26). The Labute approximate surface area is 162 Å². The first kappa shape index (κ1) is 18.7. The number of para-hydroxylation sites is 1. The predicted molar refractivity (Wildman–Crippen MR) is 107 cm³/mol. The Hall–Kier alpha value is -3.12. The summed E-state index contributed by atoms with van der Waals surface area (Å²) in [5.74, 6) is 0.649. The number of anilines is 3. The zero-order chi connectivity index (χ0) is 19.4. The second-order valence-corrected chi connectivity index (χ2v) is 6.39. The summed E-state index contributed by atoms with van der Waals surface area (Å²) < 4.78 is 5.27. The van der Waals surface area contributed by atoms with Gasteiger partial charge in [0.1, 0.15) is 17.3 Å². The molecule has 1 aromatic heterocycles. The largest absolute Gasteiger partial charge is 0.495 e. The number of aromatic nitrogens is 2. The van der Waals surface area contributed by atoms with Crippen LogP contribution in [-0.2, 0) is 0 Å². The fraction of sp³-hybridized carbons (Fsp3) is 0.150. The summed E-state index contributed by atoms with van der Waals surface area (Å²) in [6.45, 7) is 3.85. The Morgan fingerprint density at radius 3 is 2.48 bits per heavy atom. The molecule has 6 nitrogen and oxygen atoms in total. The maximum absolute atomic E-state index is 12.5. The van der Waals surface area contributed by atoms with Crippen molar-refractivity contribution in [3.05, 3.63) is 70.6 Å². The molecule has 3 aromatic rings. The first-order valence-corrected chi connectivity index (χ1v) is 8.66. The SMILES string of the molecule is COc1cc(Cl)c(C)cc1NC(=O)c1cnc(Nc2ccccc2C)cn1. The summed E-state index contributed by atoms with van der Waals surface area (Å²) in [4.78, 5) is 20.9. The van der Waals surface area contributed by atoms with Gasteiger partial charge in [0.25, 0.3) is 5.91 Å². The second-order valence-electron chi connectivity index (χ2n) is 5.98. The van der Waals surface area contributed by atoms with E-state index in [9.17, 15) is 4.79 Å². The van der Waals surface area contributed by atoms with Gasteiger partial charge >= 0.3 is 0 Å². The van der Waals surface area contributed by atoms with Crippen LogP contribution < -0.4 is 15.4 Å². The molecule has 1 heterocycles. The summed E-state index contributed by atoms with van der Waals surface area (Å²) in [7, 11) is 1.52. The maximum Gasteiger partial charge on any atom is 0.275 e. The van der Waals surface area contributed by atoms with E-state index in [1.807, 2.05) is 38.1 Å². The molecule has 0 spiro atoms. The smallest absolute Gasteiger partial charge is 0.275 e. The van der Waals surface area contributed by atoms with E-state index in [-0.39, 0.29) is 11.6 Å². The fourth-order valence-electron chi connectivity index (χ4n) is 2.48. The number of nitrogens with zero attached hydrogens (tertiary/aromatic N) is 2. The highest BCUT2D eigenvalue weighted by Crippen LogP contribution is 2.31. The van der Waals surface area contributed by atoms with Crippen LogP contribution in [0, 0.1) is 13.8 Å². The minimum atomic E-state index is -0.384. The molecule has 3 rings (SSSR count). The number of halogens is 1. The third-order valence-corrected chi connectivity index (χ3v) is 4.43. The van der Waals surface area contributed by atoms with Gasteiger partial charge in [-0.25, -0.2) is 9.97 Å². The average molecular weight is 383 g/mol. The number of nitrogens with one attached hydrogen (secondary N) is 2. The number of hydrogen-bond acceptors (Lipinski definition) is 5. The van der Waals surface area contributed by atoms with Gasteiger partial charge in [0, 0.05) is 16.8 Å². The molecule has 27 heavy (non-hydrogen) atoms. The van der Waals surface area contributed by atoms with Crippen LogP contribution in [0.4, 0.5) is 17.2 Å². The van der Waals surface area contributed by atoms with Crippen molar-refractivity contribution < 1.29 is 9.53 Å². The topological polar surface area (TPSA) is 76.1 Å². The van der Waals surface area contributed by atoms with Gasteiger partial charge in [-0.15, -0.1) is 0 Å². The minimum Gasteiger partial charge on any atom is -0.495 e. The molecular weight excluding hydrogens is 364 g/mol. The Morgan fingerprint density at radius 2 is 1.81 bits per heavy atom. The summed E-state index contributed by atoms with van der Waals surface area (Å²) in [5.41, 5.74) is 3.57. The number of carbonyl (C=O) groups excluding carboxylic acids is 1. The van der Waals surface area contributed by atoms with Crippen LogP contribution in [0.15, 0.2) is 48.8 Å². The normalized spacial score (nSPS) is 10.4. The van der Waals surface area contributed by atoms with Crippen LogP contribution in [0.3, 0.4) is 0 Å². The van der Waals surface area contributed by atoms with Crippen molar-refractivity contribution in [2.75, 3.05) is 17.7 Å². The number of methoxy groups -OCH3 is 1. The number of ether oxygens (including phenoxy) is 1. The third-order valence-electron chi connectivity index (χ3n) is 4.02. The molecule has 138 valence electrons. The van der Waals surface area contributed by atoms with Crippen LogP contribution >= 0.6 is 11.6 Å². The van der Waals surface area contributed by atoms with Crippen LogP contribution in [0.5, 0.6) is 5.75 Å². The van der Waals surface area contributed by atoms with Crippen molar-refractivity contribution in [2.24, 2.45) is 0 Å². The van der Waals surface area contributed by atoms with E-state index < -0.39 is 0 Å². The van der Waals surface area contributed by atoms with Gasteiger partial charge in [-0.05, 0) is 37.1 Å². The van der Waals surface area contributed by atoms with Crippen molar-refractivity contribution in [2.45, 2.75) is 13.8 Å². The molecule has 2 aromatic carbocycles. The first-order chi connectivity index (χ1) is 13.0. The van der Waals surface area contributed by atoms with Gasteiger partial charge in [0.2, 0.25) is 0 Å². The summed E-state index contributed by atoms with van der Waals surface area (Å²) in [6, 6.07) is 11.3. The van der Waals surface area contributed by atoms with E-state index >= 15 is 0 Å². The highest BCUT2D eigenvalue weighted by atomic mass is 35.5. The molecule has 7 heteroatoms. The lowest BCUT2D eigenvalue weighted by Crippen LogP contribution is -2.15. The molecule has 0 aliphatic carbocycles. The Balaban J connectivity index is 1.75. The average Bonchev–Trinajstić information content (AvgIpc) is 2.67. The molecule has 0 unspecified atom stereocenters. The van der Waals surface area contributed by atoms with E-state index in [1.165, 1.54) is 19.5 Å². The minimum absolute atomic E-state index is 0.194. The first-order valence-electron chi connectivity index (χ1n) is 8.28. The molecule has 0 saturated carbocycles. The number of benzene rings is 2. The van der Waals surface area contributed by atoms with Crippen LogP contribution in [0.25, 0.3) is 0 Å². The van der Waals surface area contributed by atoms with Gasteiger partial charge in [-0.2, -0.15) is 0 Å². The number of amides is 1. The Kier molecular flexibility index (Phi) is 5.57. The van der Waals surface area contributed by atoms with E-state index in [4.69, 9.17) is 16.3 Å². The molecule has 2 N–H and O–H groups in total. The molecule has 0 saturated heterocycles. The van der Waals surface area contributed by atoms with Gasteiger partial charge in [-0.1, -0.05) is 29.8 Å². The number of hydrogen-bond donors (Lipinski definition) is 2. The zero-order valence-electron chi connectivity index (χ0n) is 15.2. The third kappa shape index (κ3) is 4.35. The highest BCUT2D eigenvalue weighted by molar-refractivity contribution is 6.31. The monoisotopic (exact) mass is 382 g/mol. The van der Waals surface area contributed by atoms with Gasteiger partial charge in [-0.3, -0.25) is 4.79 Å². The van der Waals surface area contributed by atoms with Crippen LogP contribution in [0.2, 0.25) is 5.02 Å². The van der Waals surface area contributed by atoms with E-state index in [0.717, 1.165) is 16.8 Å². The zero-order valence-corrected chi connectivity index (χ0v) is 16.0. The maximum atomic E-state index is 12.5. The number of rotatable bonds is 5. The van der Waals surface area contributed by atoms with Crippen molar-refractivity contribution in [1.82, 2.24) is 9.97 Å². The van der Waals surface area contributed by atoms with E-state index in [2.05, 4.69) is 20.6 Å². The lowest BCUT2D eigenvalue weighted by Gasteiger charge is -2.12. The van der Waals surface area contributed by atoms with Gasteiger partial charge in [0.15, 0.2) is 0 Å². The van der Waals surface area contributed by atoms with Gasteiger partial charge < -0.3 is 15.4 Å². The van der Waals surface area contributed by atoms with Crippen molar-refractivity contribution >= 4 is 34.7 Å². The molecular formula is C20H19ClN4O2. The number of aryl methyl sites for hydroxylation is 2. The number of carbonyl (C=O) groups is 1. The Morgan fingerprint density at radius 1 is 1.04 bits per heavy atom. The lowest BCUT2D eigenvalue weighted by molar-refractivity contribution is 0.102. The fourth-order valence-corrected chi connectivity index (χ4v) is 2.63. The molecule has 0 radical (unpaired) electrons. The summed E-state index contributed by atoms with van der Waals surface area (Å²) in [5, 5.41) is 6.52. The molecule has 0 aliphatic rings. The van der Waals surface area contributed by atoms with Crippen LogP contribution in [0.1, 0.15) is 21.6 Å². The highest BCUT2D eigenvalue weighted by Gasteiger charge is 2.13. The van der Waals surface area contributed by atoms with Crippen molar-refractivity contribution in [3.8, 4) is 5.75 Å². The lowest BCUT2D eigenvalue weighted by atomic mass is 10.2. The Bertz CT molecular complexity index is 974.